The zero-order valence-corrected chi connectivity index (χ0v) is 17.4. The molecule has 0 radical (unpaired) electrons. The van der Waals surface area contributed by atoms with Gasteiger partial charge in [0.2, 0.25) is 15.9 Å². The summed E-state index contributed by atoms with van der Waals surface area (Å²) in [6.45, 7) is 10.7. The van der Waals surface area contributed by atoms with Gasteiger partial charge in [-0.05, 0) is 44.3 Å². The van der Waals surface area contributed by atoms with Gasteiger partial charge in [0.1, 0.15) is 5.75 Å². The molecule has 1 aromatic carbocycles. The lowest BCUT2D eigenvalue weighted by molar-refractivity contribution is -0.132. The van der Waals surface area contributed by atoms with Crippen LogP contribution in [0, 0.1) is 0 Å². The van der Waals surface area contributed by atoms with Gasteiger partial charge in [0.25, 0.3) is 0 Å². The number of hydrogen-bond acceptors (Lipinski definition) is 5. The van der Waals surface area contributed by atoms with E-state index in [0.29, 0.717) is 45.0 Å². The normalized spacial score (nSPS) is 15.9. The lowest BCUT2D eigenvalue weighted by Crippen LogP contribution is -2.50. The van der Waals surface area contributed by atoms with Gasteiger partial charge in [0, 0.05) is 39.1 Å². The van der Waals surface area contributed by atoms with Gasteiger partial charge in [0.15, 0.2) is 0 Å². The van der Waals surface area contributed by atoms with Crippen molar-refractivity contribution in [2.45, 2.75) is 32.1 Å². The lowest BCUT2D eigenvalue weighted by Gasteiger charge is -2.34. The maximum Gasteiger partial charge on any atom is 0.243 e. The Bertz CT molecular complexity index is 694. The number of carbonyl (C=O) groups excluding carboxylic acids is 1. The molecule has 8 heteroatoms. The summed E-state index contributed by atoms with van der Waals surface area (Å²) >= 11 is 0. The molecule has 0 atom stereocenters. The highest BCUT2D eigenvalue weighted by atomic mass is 32.2. The van der Waals surface area contributed by atoms with Gasteiger partial charge < -0.3 is 14.5 Å². The fraction of sp³-hybridized carbons (Fsp3) is 0.632. The van der Waals surface area contributed by atoms with Crippen LogP contribution in [0.3, 0.4) is 0 Å². The Hall–Kier alpha value is -1.64. The van der Waals surface area contributed by atoms with Gasteiger partial charge in [0.05, 0.1) is 11.5 Å². The van der Waals surface area contributed by atoms with Crippen LogP contribution in [0.15, 0.2) is 29.2 Å². The molecule has 0 N–H and O–H groups in total. The van der Waals surface area contributed by atoms with E-state index < -0.39 is 10.0 Å². The maximum absolute atomic E-state index is 12.8. The van der Waals surface area contributed by atoms with E-state index in [1.807, 2.05) is 6.92 Å². The Morgan fingerprint density at radius 2 is 1.63 bits per heavy atom. The quantitative estimate of drug-likeness (QED) is 0.634. The van der Waals surface area contributed by atoms with Crippen LogP contribution in [0.5, 0.6) is 5.75 Å². The third-order valence-electron chi connectivity index (χ3n) is 4.90. The molecule has 7 nitrogen and oxygen atoms in total. The first-order valence-corrected chi connectivity index (χ1v) is 11.1. The van der Waals surface area contributed by atoms with Crippen molar-refractivity contribution in [3.63, 3.8) is 0 Å². The maximum atomic E-state index is 12.8. The molecule has 0 aliphatic carbocycles. The highest BCUT2D eigenvalue weighted by molar-refractivity contribution is 7.89. The molecule has 0 aromatic heterocycles. The first kappa shape index (κ1) is 21.7. The number of benzene rings is 1. The molecular formula is C19H31N3O4S. The van der Waals surface area contributed by atoms with Gasteiger partial charge in [-0.25, -0.2) is 8.42 Å². The molecular weight excluding hydrogens is 366 g/mol. The third-order valence-corrected chi connectivity index (χ3v) is 6.81. The number of amides is 1. The van der Waals surface area contributed by atoms with E-state index in [2.05, 4.69) is 18.7 Å². The SMILES string of the molecule is CCOc1ccc(S(=O)(=O)N2CCN(C(=O)CCN(CC)CC)CC2)cc1. The van der Waals surface area contributed by atoms with Gasteiger partial charge >= 0.3 is 0 Å². The molecule has 1 fully saturated rings. The Kier molecular flexibility index (Phi) is 8.07. The second-order valence-electron chi connectivity index (χ2n) is 6.47. The van der Waals surface area contributed by atoms with Crippen LogP contribution >= 0.6 is 0 Å². The molecule has 0 unspecified atom stereocenters. The van der Waals surface area contributed by atoms with Crippen molar-refractivity contribution in [3.05, 3.63) is 24.3 Å². The van der Waals surface area contributed by atoms with E-state index in [-0.39, 0.29) is 10.8 Å². The van der Waals surface area contributed by atoms with Gasteiger partial charge in [-0.1, -0.05) is 13.8 Å². The number of sulfonamides is 1. The molecule has 27 heavy (non-hydrogen) atoms. The Morgan fingerprint density at radius 1 is 1.04 bits per heavy atom. The number of piperazine rings is 1. The Labute approximate surface area is 162 Å². The van der Waals surface area contributed by atoms with Crippen molar-refractivity contribution >= 4 is 15.9 Å². The largest absolute Gasteiger partial charge is 0.494 e. The average molecular weight is 398 g/mol. The zero-order valence-electron chi connectivity index (χ0n) is 16.6. The van der Waals surface area contributed by atoms with Crippen molar-refractivity contribution in [1.29, 1.82) is 0 Å². The van der Waals surface area contributed by atoms with E-state index in [1.54, 1.807) is 29.2 Å². The van der Waals surface area contributed by atoms with Crippen LogP contribution in [0.2, 0.25) is 0 Å². The van der Waals surface area contributed by atoms with E-state index in [4.69, 9.17) is 4.74 Å². The van der Waals surface area contributed by atoms with E-state index in [9.17, 15) is 13.2 Å². The van der Waals surface area contributed by atoms with Crippen molar-refractivity contribution in [2.24, 2.45) is 0 Å². The minimum Gasteiger partial charge on any atom is -0.494 e. The molecule has 1 aliphatic heterocycles. The molecule has 0 saturated carbocycles. The fourth-order valence-corrected chi connectivity index (χ4v) is 4.58. The van der Waals surface area contributed by atoms with Crippen molar-refractivity contribution in [1.82, 2.24) is 14.1 Å². The number of rotatable bonds is 9. The number of ether oxygens (including phenoxy) is 1. The van der Waals surface area contributed by atoms with E-state index in [1.165, 1.54) is 4.31 Å². The lowest BCUT2D eigenvalue weighted by atomic mass is 10.3. The topological polar surface area (TPSA) is 70.2 Å². The molecule has 1 saturated heterocycles. The standard InChI is InChI=1S/C19H31N3O4S/c1-4-20(5-2)12-11-19(23)21-13-15-22(16-14-21)27(24,25)18-9-7-17(8-10-18)26-6-3/h7-10H,4-6,11-16H2,1-3H3. The molecule has 0 spiro atoms. The predicted octanol–water partition coefficient (Wildman–Crippen LogP) is 1.65. The second-order valence-corrected chi connectivity index (χ2v) is 8.40. The first-order chi connectivity index (χ1) is 12.9. The molecule has 1 heterocycles. The minimum atomic E-state index is -3.54. The van der Waals surface area contributed by atoms with Crippen LogP contribution in [0.25, 0.3) is 0 Å². The van der Waals surface area contributed by atoms with Gasteiger partial charge in [-0.15, -0.1) is 0 Å². The average Bonchev–Trinajstić information content (AvgIpc) is 2.69. The van der Waals surface area contributed by atoms with Crippen LogP contribution in [-0.4, -0.2) is 80.9 Å². The highest BCUT2D eigenvalue weighted by Gasteiger charge is 2.30. The van der Waals surface area contributed by atoms with Crippen LogP contribution in [-0.2, 0) is 14.8 Å². The van der Waals surface area contributed by atoms with Gasteiger partial charge in [-0.2, -0.15) is 4.31 Å². The van der Waals surface area contributed by atoms with Crippen molar-refractivity contribution < 1.29 is 17.9 Å². The number of hydrogen-bond donors (Lipinski definition) is 0. The van der Waals surface area contributed by atoms with Crippen molar-refractivity contribution in [3.8, 4) is 5.75 Å². The predicted molar refractivity (Wildman–Crippen MR) is 105 cm³/mol. The summed E-state index contributed by atoms with van der Waals surface area (Å²) in [5.41, 5.74) is 0. The third kappa shape index (κ3) is 5.67. The molecule has 0 bridgehead atoms. The molecule has 2 rings (SSSR count). The molecule has 152 valence electrons. The smallest absolute Gasteiger partial charge is 0.243 e. The van der Waals surface area contributed by atoms with Gasteiger partial charge in [-0.3, -0.25) is 4.79 Å². The first-order valence-electron chi connectivity index (χ1n) is 9.65. The summed E-state index contributed by atoms with van der Waals surface area (Å²) < 4.78 is 32.4. The van der Waals surface area contributed by atoms with Crippen LogP contribution in [0.4, 0.5) is 0 Å². The Balaban J connectivity index is 1.91. The summed E-state index contributed by atoms with van der Waals surface area (Å²) in [4.78, 5) is 16.6. The summed E-state index contributed by atoms with van der Waals surface area (Å²) in [5, 5.41) is 0. The van der Waals surface area contributed by atoms with Crippen LogP contribution < -0.4 is 4.74 Å². The molecule has 1 amide bonds. The number of nitrogens with zero attached hydrogens (tertiary/aromatic N) is 3. The monoisotopic (exact) mass is 397 g/mol. The molecule has 1 aliphatic rings. The summed E-state index contributed by atoms with van der Waals surface area (Å²) in [7, 11) is -3.54. The highest BCUT2D eigenvalue weighted by Crippen LogP contribution is 2.21. The second kappa shape index (κ2) is 10.1. The summed E-state index contributed by atoms with van der Waals surface area (Å²) in [5.74, 6) is 0.750. The van der Waals surface area contributed by atoms with E-state index in [0.717, 1.165) is 19.6 Å². The zero-order chi connectivity index (χ0) is 19.9. The summed E-state index contributed by atoms with van der Waals surface area (Å²) in [6, 6.07) is 6.48. The Morgan fingerprint density at radius 3 is 2.15 bits per heavy atom. The fourth-order valence-electron chi connectivity index (χ4n) is 3.15. The minimum absolute atomic E-state index is 0.0972. The molecule has 1 aromatic rings. The van der Waals surface area contributed by atoms with E-state index >= 15 is 0 Å². The number of carbonyl (C=O) groups is 1. The summed E-state index contributed by atoms with van der Waals surface area (Å²) in [6.07, 6.45) is 0.479. The van der Waals surface area contributed by atoms with Crippen LogP contribution in [0.1, 0.15) is 27.2 Å². The van der Waals surface area contributed by atoms with Crippen molar-refractivity contribution in [2.75, 3.05) is 52.4 Å².